The van der Waals surface area contributed by atoms with Crippen LogP contribution < -0.4 is 5.32 Å². The van der Waals surface area contributed by atoms with Crippen LogP contribution in [0, 0.1) is 6.92 Å². The van der Waals surface area contributed by atoms with E-state index in [1.807, 2.05) is 36.1 Å². The van der Waals surface area contributed by atoms with Gasteiger partial charge in [-0.15, -0.1) is 21.5 Å². The normalized spacial score (nSPS) is 14.0. The van der Waals surface area contributed by atoms with E-state index < -0.39 is 0 Å². The minimum absolute atomic E-state index is 0.0106. The number of hydrogen-bond acceptors (Lipinski definition) is 7. The summed E-state index contributed by atoms with van der Waals surface area (Å²) in [5.74, 6) is 0.0902. The van der Waals surface area contributed by atoms with Crippen LogP contribution in [0.4, 0.5) is 5.13 Å². The van der Waals surface area contributed by atoms with Crippen molar-refractivity contribution in [3.05, 3.63) is 69.1 Å². The van der Waals surface area contributed by atoms with Gasteiger partial charge < -0.3 is 10.2 Å². The number of benzene rings is 2. The first-order valence-electron chi connectivity index (χ1n) is 13.1. The number of likely N-dealkylation sites (tertiary alicyclic amines) is 1. The van der Waals surface area contributed by atoms with Gasteiger partial charge in [-0.05, 0) is 43.9 Å². The fraction of sp³-hybridized carbons (Fsp3) is 0.345. The number of halogens is 1. The summed E-state index contributed by atoms with van der Waals surface area (Å²) in [5, 5.41) is 13.9. The Kier molecular flexibility index (Phi) is 8.69. The molecule has 0 spiro atoms. The Labute approximate surface area is 241 Å². The Balaban J connectivity index is 1.22. The molecule has 0 unspecified atom stereocenters. The zero-order chi connectivity index (χ0) is 27.4. The maximum absolute atomic E-state index is 12.8. The van der Waals surface area contributed by atoms with Crippen LogP contribution in [0.15, 0.2) is 48.5 Å². The number of amides is 2. The Bertz CT molecular complexity index is 1380. The average molecular weight is 580 g/mol. The molecule has 10 heteroatoms. The molecule has 39 heavy (non-hydrogen) atoms. The average Bonchev–Trinajstić information content (AvgIpc) is 3.60. The van der Waals surface area contributed by atoms with E-state index in [4.69, 9.17) is 16.6 Å². The lowest BCUT2D eigenvalue weighted by Gasteiger charge is -2.31. The van der Waals surface area contributed by atoms with Gasteiger partial charge in [0.1, 0.15) is 5.01 Å². The number of nitrogens with one attached hydrogen (secondary N) is 1. The summed E-state index contributed by atoms with van der Waals surface area (Å²) >= 11 is 9.25. The number of carbonyl (C=O) groups is 2. The molecule has 1 N–H and O–H groups in total. The summed E-state index contributed by atoms with van der Waals surface area (Å²) in [7, 11) is 0. The monoisotopic (exact) mass is 579 g/mol. The van der Waals surface area contributed by atoms with Gasteiger partial charge in [0.2, 0.25) is 16.9 Å². The molecule has 7 nitrogen and oxygen atoms in total. The summed E-state index contributed by atoms with van der Waals surface area (Å²) in [6.45, 7) is 5.40. The second-order valence-corrected chi connectivity index (χ2v) is 12.2. The van der Waals surface area contributed by atoms with Crippen molar-refractivity contribution in [1.29, 1.82) is 0 Å². The largest absolute Gasteiger partial charge is 0.343 e. The summed E-state index contributed by atoms with van der Waals surface area (Å²) in [6, 6.07) is 16.4. The number of nitrogens with zero attached hydrogens (tertiary/aromatic N) is 4. The lowest BCUT2D eigenvalue weighted by atomic mass is 9.97. The molecule has 4 aromatic rings. The summed E-state index contributed by atoms with van der Waals surface area (Å²) in [6.07, 6.45) is 2.80. The summed E-state index contributed by atoms with van der Waals surface area (Å²) < 4.78 is 0. The van der Waals surface area contributed by atoms with Crippen molar-refractivity contribution in [2.24, 2.45) is 0 Å². The van der Waals surface area contributed by atoms with Crippen molar-refractivity contribution >= 4 is 51.2 Å². The lowest BCUT2D eigenvalue weighted by Crippen LogP contribution is -2.38. The number of aromatic nitrogens is 3. The quantitative estimate of drug-likeness (QED) is 0.243. The lowest BCUT2D eigenvalue weighted by molar-refractivity contribution is -0.133. The van der Waals surface area contributed by atoms with Gasteiger partial charge in [0, 0.05) is 42.4 Å². The Morgan fingerprint density at radius 3 is 2.33 bits per heavy atom. The van der Waals surface area contributed by atoms with Crippen LogP contribution in [-0.2, 0) is 16.0 Å². The van der Waals surface area contributed by atoms with Crippen LogP contribution in [0.5, 0.6) is 0 Å². The highest BCUT2D eigenvalue weighted by Crippen LogP contribution is 2.42. The highest BCUT2D eigenvalue weighted by atomic mass is 35.5. The van der Waals surface area contributed by atoms with Crippen molar-refractivity contribution in [2.45, 2.75) is 51.9 Å². The molecule has 1 saturated heterocycles. The van der Waals surface area contributed by atoms with E-state index >= 15 is 0 Å². The van der Waals surface area contributed by atoms with E-state index in [9.17, 15) is 9.59 Å². The van der Waals surface area contributed by atoms with E-state index in [1.54, 1.807) is 11.3 Å². The number of carbonyl (C=O) groups excluding carboxylic acids is 2. The third-order valence-electron chi connectivity index (χ3n) is 6.85. The van der Waals surface area contributed by atoms with E-state index in [1.165, 1.54) is 16.9 Å². The fourth-order valence-corrected chi connectivity index (χ4v) is 6.68. The molecule has 1 fully saturated rings. The second kappa shape index (κ2) is 12.4. The number of rotatable bonds is 8. The van der Waals surface area contributed by atoms with Crippen LogP contribution in [0.25, 0.3) is 21.7 Å². The molecule has 2 aromatic heterocycles. The Hall–Kier alpha value is -3.14. The fourth-order valence-electron chi connectivity index (χ4n) is 4.60. The highest BCUT2D eigenvalue weighted by Gasteiger charge is 2.27. The van der Waals surface area contributed by atoms with E-state index in [-0.39, 0.29) is 30.6 Å². The van der Waals surface area contributed by atoms with Crippen LogP contribution in [0.1, 0.15) is 54.1 Å². The van der Waals surface area contributed by atoms with Crippen LogP contribution >= 0.6 is 34.3 Å². The van der Waals surface area contributed by atoms with Crippen LogP contribution in [0.2, 0.25) is 5.02 Å². The third kappa shape index (κ3) is 6.72. The van der Waals surface area contributed by atoms with Crippen molar-refractivity contribution < 1.29 is 9.59 Å². The summed E-state index contributed by atoms with van der Waals surface area (Å²) in [5.41, 5.74) is 4.39. The molecule has 0 radical (unpaired) electrons. The van der Waals surface area contributed by atoms with Gasteiger partial charge in [0.05, 0.1) is 15.6 Å². The second-order valence-electron chi connectivity index (χ2n) is 9.66. The number of aryl methyl sites for hydroxylation is 2. The van der Waals surface area contributed by atoms with Crippen molar-refractivity contribution in [2.75, 3.05) is 18.4 Å². The smallest absolute Gasteiger partial charge is 0.226 e. The molecule has 1 aliphatic heterocycles. The predicted octanol–water partition coefficient (Wildman–Crippen LogP) is 6.98. The number of thiazole rings is 1. The Morgan fingerprint density at radius 2 is 1.67 bits per heavy atom. The predicted molar refractivity (Wildman–Crippen MR) is 158 cm³/mol. The number of anilines is 1. The Morgan fingerprint density at radius 1 is 0.974 bits per heavy atom. The van der Waals surface area contributed by atoms with Crippen molar-refractivity contribution in [3.63, 3.8) is 0 Å². The first-order valence-corrected chi connectivity index (χ1v) is 15.1. The molecule has 0 bridgehead atoms. The molecule has 0 atom stereocenters. The maximum atomic E-state index is 12.8. The topological polar surface area (TPSA) is 88.1 Å². The zero-order valence-corrected chi connectivity index (χ0v) is 24.3. The standard InChI is InChI=1S/C29H30ClN5O2S2/c1-3-24-33-34-29(38-24)31-23(36)12-13-25(37)35-16-14-21(15-17-35)28-32-26(19-8-10-22(30)11-9-19)27(39-28)20-6-4-18(2)5-7-20/h4-11,21H,3,12-17H2,1-2H3,(H,31,34,36). The molecule has 5 rings (SSSR count). The molecule has 2 amide bonds. The van der Waals surface area contributed by atoms with Gasteiger partial charge in [-0.25, -0.2) is 4.98 Å². The first kappa shape index (κ1) is 27.4. The molecule has 202 valence electrons. The SMILES string of the molecule is CCc1nnc(NC(=O)CCC(=O)N2CCC(c3nc(-c4ccc(Cl)cc4)c(-c4ccc(C)cc4)s3)CC2)s1. The molecule has 3 heterocycles. The van der Waals surface area contributed by atoms with Crippen LogP contribution in [-0.4, -0.2) is 45.0 Å². The summed E-state index contributed by atoms with van der Waals surface area (Å²) in [4.78, 5) is 33.3. The highest BCUT2D eigenvalue weighted by molar-refractivity contribution is 7.16. The molecule has 0 saturated carbocycles. The van der Waals surface area contributed by atoms with Gasteiger partial charge in [-0.2, -0.15) is 0 Å². The van der Waals surface area contributed by atoms with Gasteiger partial charge in [-0.1, -0.05) is 71.8 Å². The minimum Gasteiger partial charge on any atom is -0.343 e. The van der Waals surface area contributed by atoms with Gasteiger partial charge in [0.25, 0.3) is 0 Å². The van der Waals surface area contributed by atoms with Crippen molar-refractivity contribution in [1.82, 2.24) is 20.1 Å². The maximum Gasteiger partial charge on any atom is 0.226 e. The van der Waals surface area contributed by atoms with E-state index in [0.717, 1.165) is 51.0 Å². The molecule has 1 aliphatic rings. The molecule has 2 aromatic carbocycles. The first-order chi connectivity index (χ1) is 18.9. The van der Waals surface area contributed by atoms with E-state index in [0.29, 0.717) is 23.2 Å². The van der Waals surface area contributed by atoms with Gasteiger partial charge in [0.15, 0.2) is 0 Å². The van der Waals surface area contributed by atoms with Crippen LogP contribution in [0.3, 0.4) is 0 Å². The van der Waals surface area contributed by atoms with Crippen molar-refractivity contribution in [3.8, 4) is 21.7 Å². The molecular weight excluding hydrogens is 550 g/mol. The number of hydrogen-bond donors (Lipinski definition) is 1. The van der Waals surface area contributed by atoms with Gasteiger partial charge >= 0.3 is 0 Å². The molecular formula is C29H30ClN5O2S2. The third-order valence-corrected chi connectivity index (χ3v) is 9.36. The molecule has 0 aliphatic carbocycles. The number of piperidine rings is 1. The van der Waals surface area contributed by atoms with Gasteiger partial charge in [-0.3, -0.25) is 9.59 Å². The van der Waals surface area contributed by atoms with E-state index in [2.05, 4.69) is 46.7 Å². The zero-order valence-electron chi connectivity index (χ0n) is 21.9. The minimum atomic E-state index is -0.210.